The van der Waals surface area contributed by atoms with Gasteiger partial charge in [-0.1, -0.05) is 31.4 Å². The molecule has 2 heterocycles. The molecule has 2 aromatic heterocycles. The third kappa shape index (κ3) is 3.19. The summed E-state index contributed by atoms with van der Waals surface area (Å²) in [6.07, 6.45) is 8.78. The van der Waals surface area contributed by atoms with Crippen molar-refractivity contribution in [1.82, 2.24) is 14.5 Å². The van der Waals surface area contributed by atoms with Gasteiger partial charge in [-0.3, -0.25) is 0 Å². The molecule has 1 fully saturated rings. The van der Waals surface area contributed by atoms with Gasteiger partial charge in [0.2, 0.25) is 0 Å². The fourth-order valence-electron chi connectivity index (χ4n) is 3.37. The van der Waals surface area contributed by atoms with Crippen molar-refractivity contribution >= 4 is 34.4 Å². The van der Waals surface area contributed by atoms with Crippen molar-refractivity contribution in [2.45, 2.75) is 51.5 Å². The Balaban J connectivity index is 2.03. The fraction of sp³-hybridized carbons (Fsp3) is 0.625. The van der Waals surface area contributed by atoms with Crippen LogP contribution in [0.25, 0.3) is 11.2 Å². The van der Waals surface area contributed by atoms with E-state index in [-0.39, 0.29) is 0 Å². The van der Waals surface area contributed by atoms with Gasteiger partial charge in [-0.05, 0) is 31.2 Å². The maximum Gasteiger partial charge on any atom is 0.160 e. The number of alkyl halides is 1. The number of pyridine rings is 1. The Kier molecular flexibility index (Phi) is 4.70. The summed E-state index contributed by atoms with van der Waals surface area (Å²) in [5.74, 6) is 2.46. The van der Waals surface area contributed by atoms with Crippen LogP contribution in [0, 0.1) is 5.92 Å². The number of fused-ring (bicyclic) bond motifs is 1. The molecule has 0 aromatic carbocycles. The zero-order valence-electron chi connectivity index (χ0n) is 12.4. The second-order valence-electron chi connectivity index (χ2n) is 6.10. The lowest BCUT2D eigenvalue weighted by molar-refractivity contribution is 0.429. The number of hydrogen-bond acceptors (Lipinski definition) is 2. The van der Waals surface area contributed by atoms with Gasteiger partial charge >= 0.3 is 0 Å². The molecule has 3 rings (SSSR count). The van der Waals surface area contributed by atoms with Crippen LogP contribution in [0.3, 0.4) is 0 Å². The van der Waals surface area contributed by atoms with Crippen LogP contribution >= 0.6 is 23.2 Å². The molecule has 2 unspecified atom stereocenters. The molecule has 0 saturated heterocycles. The summed E-state index contributed by atoms with van der Waals surface area (Å²) < 4.78 is 2.33. The monoisotopic (exact) mass is 325 g/mol. The standard InChI is InChI=1S/C16H21Cl2N3/c1-11-3-2-4-13(6-5-11)21-15(7-8-17)20-14-9-12(18)10-19-16(14)21/h9-11,13H,2-8H2,1H3. The van der Waals surface area contributed by atoms with Crippen LogP contribution in [0.15, 0.2) is 12.3 Å². The first-order valence-electron chi connectivity index (χ1n) is 7.77. The molecule has 0 radical (unpaired) electrons. The molecule has 0 N–H and O–H groups in total. The number of nitrogens with zero attached hydrogens (tertiary/aromatic N) is 3. The minimum Gasteiger partial charge on any atom is -0.310 e. The number of hydrogen-bond donors (Lipinski definition) is 0. The number of aryl methyl sites for hydroxylation is 1. The SMILES string of the molecule is CC1CCCC(n2c(CCCl)nc3cc(Cl)cnc32)CC1. The first-order valence-corrected chi connectivity index (χ1v) is 8.68. The maximum atomic E-state index is 6.05. The average molecular weight is 326 g/mol. The molecule has 1 aliphatic carbocycles. The third-order valence-electron chi connectivity index (χ3n) is 4.48. The van der Waals surface area contributed by atoms with Crippen LogP contribution in [0.4, 0.5) is 0 Å². The summed E-state index contributed by atoms with van der Waals surface area (Å²) in [6.45, 7) is 2.35. The molecule has 3 nitrogen and oxygen atoms in total. The Morgan fingerprint density at radius 2 is 2.14 bits per heavy atom. The normalized spacial score (nSPS) is 23.4. The van der Waals surface area contributed by atoms with E-state index in [2.05, 4.69) is 16.5 Å². The molecule has 0 bridgehead atoms. The largest absolute Gasteiger partial charge is 0.310 e. The summed E-state index contributed by atoms with van der Waals surface area (Å²) in [5.41, 5.74) is 1.85. The first-order chi connectivity index (χ1) is 10.2. The topological polar surface area (TPSA) is 30.7 Å². The van der Waals surface area contributed by atoms with Crippen LogP contribution < -0.4 is 0 Å². The van der Waals surface area contributed by atoms with Gasteiger partial charge in [0.1, 0.15) is 11.3 Å². The lowest BCUT2D eigenvalue weighted by atomic mass is 10.0. The third-order valence-corrected chi connectivity index (χ3v) is 4.88. The highest BCUT2D eigenvalue weighted by Crippen LogP contribution is 2.33. The molecule has 21 heavy (non-hydrogen) atoms. The highest BCUT2D eigenvalue weighted by atomic mass is 35.5. The van der Waals surface area contributed by atoms with E-state index in [0.29, 0.717) is 16.9 Å². The van der Waals surface area contributed by atoms with Crippen LogP contribution in [-0.2, 0) is 6.42 Å². The molecular weight excluding hydrogens is 305 g/mol. The minimum absolute atomic E-state index is 0.492. The predicted octanol–water partition coefficient (Wildman–Crippen LogP) is 5.01. The fourth-order valence-corrected chi connectivity index (χ4v) is 3.70. The van der Waals surface area contributed by atoms with Gasteiger partial charge in [0.15, 0.2) is 5.65 Å². The molecule has 1 saturated carbocycles. The zero-order chi connectivity index (χ0) is 14.8. The van der Waals surface area contributed by atoms with Gasteiger partial charge < -0.3 is 4.57 Å². The molecule has 0 amide bonds. The molecule has 0 aliphatic heterocycles. The van der Waals surface area contributed by atoms with E-state index in [4.69, 9.17) is 28.2 Å². The van der Waals surface area contributed by atoms with E-state index in [1.54, 1.807) is 6.20 Å². The second kappa shape index (κ2) is 6.53. The van der Waals surface area contributed by atoms with Crippen LogP contribution in [0.2, 0.25) is 5.02 Å². The van der Waals surface area contributed by atoms with Crippen LogP contribution in [0.5, 0.6) is 0 Å². The zero-order valence-corrected chi connectivity index (χ0v) is 13.9. The summed E-state index contributed by atoms with van der Waals surface area (Å²) in [7, 11) is 0. The maximum absolute atomic E-state index is 6.05. The van der Waals surface area contributed by atoms with Crippen molar-refractivity contribution in [1.29, 1.82) is 0 Å². The highest BCUT2D eigenvalue weighted by Gasteiger charge is 2.23. The Bertz CT molecular complexity index is 623. The summed E-state index contributed by atoms with van der Waals surface area (Å²) in [4.78, 5) is 9.25. The minimum atomic E-state index is 0.492. The predicted molar refractivity (Wildman–Crippen MR) is 88.2 cm³/mol. The van der Waals surface area contributed by atoms with Crippen molar-refractivity contribution in [3.8, 4) is 0 Å². The lowest BCUT2D eigenvalue weighted by Gasteiger charge is -2.19. The van der Waals surface area contributed by atoms with Crippen molar-refractivity contribution in [2.24, 2.45) is 5.92 Å². The molecule has 1 aliphatic rings. The average Bonchev–Trinajstić information content (AvgIpc) is 2.65. The number of halogens is 2. The first kappa shape index (κ1) is 15.1. The second-order valence-corrected chi connectivity index (χ2v) is 6.91. The van der Waals surface area contributed by atoms with Crippen LogP contribution in [-0.4, -0.2) is 20.4 Å². The smallest absolute Gasteiger partial charge is 0.160 e. The summed E-state index contributed by atoms with van der Waals surface area (Å²) in [5, 5.41) is 0.638. The van der Waals surface area contributed by atoms with Gasteiger partial charge in [-0.25, -0.2) is 9.97 Å². The van der Waals surface area contributed by atoms with Gasteiger partial charge in [0.25, 0.3) is 0 Å². The Morgan fingerprint density at radius 1 is 1.29 bits per heavy atom. The Morgan fingerprint density at radius 3 is 2.95 bits per heavy atom. The van der Waals surface area contributed by atoms with Gasteiger partial charge in [0, 0.05) is 24.5 Å². The van der Waals surface area contributed by atoms with Gasteiger partial charge in [-0.15, -0.1) is 11.6 Å². The Labute approximate surface area is 135 Å². The molecule has 114 valence electrons. The summed E-state index contributed by atoms with van der Waals surface area (Å²) in [6, 6.07) is 2.39. The number of aromatic nitrogens is 3. The molecule has 5 heteroatoms. The quantitative estimate of drug-likeness (QED) is 0.586. The highest BCUT2D eigenvalue weighted by molar-refractivity contribution is 6.31. The number of rotatable bonds is 3. The van der Waals surface area contributed by atoms with Crippen molar-refractivity contribution in [3.63, 3.8) is 0 Å². The Hall–Kier alpha value is -0.800. The van der Waals surface area contributed by atoms with E-state index in [0.717, 1.165) is 29.3 Å². The van der Waals surface area contributed by atoms with E-state index < -0.39 is 0 Å². The van der Waals surface area contributed by atoms with E-state index in [1.165, 1.54) is 32.1 Å². The summed E-state index contributed by atoms with van der Waals surface area (Å²) >= 11 is 12.0. The molecule has 0 spiro atoms. The van der Waals surface area contributed by atoms with Crippen molar-refractivity contribution in [3.05, 3.63) is 23.1 Å². The number of imidazole rings is 1. The van der Waals surface area contributed by atoms with Crippen LogP contribution in [0.1, 0.15) is 50.9 Å². The van der Waals surface area contributed by atoms with Gasteiger partial charge in [0.05, 0.1) is 5.02 Å². The lowest BCUT2D eigenvalue weighted by Crippen LogP contribution is -2.13. The van der Waals surface area contributed by atoms with E-state index in [1.807, 2.05) is 6.07 Å². The van der Waals surface area contributed by atoms with E-state index in [9.17, 15) is 0 Å². The van der Waals surface area contributed by atoms with E-state index >= 15 is 0 Å². The van der Waals surface area contributed by atoms with Gasteiger partial charge in [-0.2, -0.15) is 0 Å². The molecular formula is C16H21Cl2N3. The molecule has 2 atom stereocenters. The van der Waals surface area contributed by atoms with Crippen molar-refractivity contribution in [2.75, 3.05) is 5.88 Å². The molecule has 2 aromatic rings. The van der Waals surface area contributed by atoms with Crippen molar-refractivity contribution < 1.29 is 0 Å².